The summed E-state index contributed by atoms with van der Waals surface area (Å²) in [5.74, 6) is 1.71. The third kappa shape index (κ3) is 4.64. The van der Waals surface area contributed by atoms with Crippen LogP contribution in [0.15, 0.2) is 18.2 Å². The van der Waals surface area contributed by atoms with Gasteiger partial charge < -0.3 is 15.0 Å². The van der Waals surface area contributed by atoms with Crippen LogP contribution in [0, 0.1) is 0 Å². The van der Waals surface area contributed by atoms with E-state index in [2.05, 4.69) is 23.5 Å². The third-order valence-corrected chi connectivity index (χ3v) is 5.17. The Balaban J connectivity index is 0.00000208. The molecule has 0 atom stereocenters. The van der Waals surface area contributed by atoms with E-state index >= 15 is 0 Å². The van der Waals surface area contributed by atoms with Crippen LogP contribution >= 0.6 is 12.4 Å². The summed E-state index contributed by atoms with van der Waals surface area (Å²) >= 11 is 0. The SMILES string of the molecule is COc1cc(C2CCNCC2)ccc1CC(=O)N1CCCCC1.Cl. The average Bonchev–Trinajstić information content (AvgIpc) is 2.63. The van der Waals surface area contributed by atoms with Gasteiger partial charge in [0, 0.05) is 18.7 Å². The summed E-state index contributed by atoms with van der Waals surface area (Å²) in [6.07, 6.45) is 6.33. The number of ether oxygens (including phenoxy) is 1. The summed E-state index contributed by atoms with van der Waals surface area (Å²) in [6.45, 7) is 3.99. The fourth-order valence-corrected chi connectivity index (χ4v) is 3.73. The molecule has 0 aliphatic carbocycles. The number of hydrogen-bond donors (Lipinski definition) is 1. The summed E-state index contributed by atoms with van der Waals surface area (Å²) in [7, 11) is 1.70. The number of amides is 1. The average molecular weight is 353 g/mol. The molecule has 4 nitrogen and oxygen atoms in total. The molecule has 2 fully saturated rings. The van der Waals surface area contributed by atoms with E-state index in [9.17, 15) is 4.79 Å². The van der Waals surface area contributed by atoms with Crippen molar-refractivity contribution in [3.63, 3.8) is 0 Å². The molecule has 1 aromatic carbocycles. The standard InChI is InChI=1S/C19H28N2O2.ClH/c1-23-18-13-16(15-7-9-20-10-8-15)5-6-17(18)14-19(22)21-11-3-2-4-12-21;/h5-6,13,15,20H,2-4,7-12,14H2,1H3;1H. The number of rotatable bonds is 4. The Morgan fingerprint density at radius 2 is 1.92 bits per heavy atom. The zero-order valence-corrected chi connectivity index (χ0v) is 15.4. The second-order valence-corrected chi connectivity index (χ2v) is 6.71. The van der Waals surface area contributed by atoms with Gasteiger partial charge in [-0.15, -0.1) is 12.4 Å². The van der Waals surface area contributed by atoms with Crippen LogP contribution in [0.5, 0.6) is 5.75 Å². The third-order valence-electron chi connectivity index (χ3n) is 5.17. The molecule has 2 saturated heterocycles. The van der Waals surface area contributed by atoms with E-state index in [4.69, 9.17) is 4.74 Å². The number of methoxy groups -OCH3 is 1. The molecule has 2 aliphatic rings. The molecule has 0 spiro atoms. The molecule has 0 unspecified atom stereocenters. The first-order valence-electron chi connectivity index (χ1n) is 8.93. The van der Waals surface area contributed by atoms with E-state index in [0.29, 0.717) is 12.3 Å². The smallest absolute Gasteiger partial charge is 0.227 e. The van der Waals surface area contributed by atoms with Crippen LogP contribution in [0.2, 0.25) is 0 Å². The summed E-state index contributed by atoms with van der Waals surface area (Å²) in [6, 6.07) is 6.43. The first kappa shape index (κ1) is 19.1. The molecular formula is C19H29ClN2O2. The van der Waals surface area contributed by atoms with Gasteiger partial charge in [-0.1, -0.05) is 12.1 Å². The van der Waals surface area contributed by atoms with Crippen LogP contribution in [0.25, 0.3) is 0 Å². The van der Waals surface area contributed by atoms with Gasteiger partial charge in [0.2, 0.25) is 5.91 Å². The minimum atomic E-state index is 0. The number of benzene rings is 1. The van der Waals surface area contributed by atoms with Crippen LogP contribution in [0.1, 0.15) is 49.1 Å². The lowest BCUT2D eigenvalue weighted by atomic mass is 9.89. The Labute approximate surface area is 151 Å². The number of halogens is 1. The van der Waals surface area contributed by atoms with E-state index in [1.807, 2.05) is 4.90 Å². The first-order chi connectivity index (χ1) is 11.3. The second-order valence-electron chi connectivity index (χ2n) is 6.71. The maximum atomic E-state index is 12.5. The van der Waals surface area contributed by atoms with Gasteiger partial charge in [0.1, 0.15) is 5.75 Å². The van der Waals surface area contributed by atoms with Gasteiger partial charge in [-0.3, -0.25) is 4.79 Å². The summed E-state index contributed by atoms with van der Waals surface area (Å²) in [5, 5.41) is 3.41. The van der Waals surface area contributed by atoms with Crippen molar-refractivity contribution < 1.29 is 9.53 Å². The van der Waals surface area contributed by atoms with Gasteiger partial charge in [-0.25, -0.2) is 0 Å². The Kier molecular flexibility index (Phi) is 7.38. The van der Waals surface area contributed by atoms with Crippen LogP contribution < -0.4 is 10.1 Å². The number of carbonyl (C=O) groups excluding carboxylic acids is 1. The predicted octanol–water partition coefficient (Wildman–Crippen LogP) is 3.14. The Morgan fingerprint density at radius 3 is 2.58 bits per heavy atom. The molecule has 2 aliphatic heterocycles. The Morgan fingerprint density at radius 1 is 1.21 bits per heavy atom. The van der Waals surface area contributed by atoms with Crippen LogP contribution in [-0.2, 0) is 11.2 Å². The molecule has 1 N–H and O–H groups in total. The topological polar surface area (TPSA) is 41.6 Å². The van der Waals surface area contributed by atoms with Gasteiger partial charge in [-0.05, 0) is 62.7 Å². The molecule has 0 aromatic heterocycles. The van der Waals surface area contributed by atoms with E-state index < -0.39 is 0 Å². The van der Waals surface area contributed by atoms with Crippen molar-refractivity contribution in [3.05, 3.63) is 29.3 Å². The molecule has 2 heterocycles. The van der Waals surface area contributed by atoms with E-state index in [0.717, 1.165) is 50.3 Å². The van der Waals surface area contributed by atoms with E-state index in [1.54, 1.807) is 7.11 Å². The highest BCUT2D eigenvalue weighted by molar-refractivity contribution is 5.85. The van der Waals surface area contributed by atoms with Gasteiger partial charge >= 0.3 is 0 Å². The van der Waals surface area contributed by atoms with E-state index in [-0.39, 0.29) is 18.3 Å². The lowest BCUT2D eigenvalue weighted by molar-refractivity contribution is -0.131. The number of nitrogens with one attached hydrogen (secondary N) is 1. The van der Waals surface area contributed by atoms with Gasteiger partial charge in [0.05, 0.1) is 13.5 Å². The molecule has 0 saturated carbocycles. The molecule has 1 aromatic rings. The zero-order chi connectivity index (χ0) is 16.1. The second kappa shape index (κ2) is 9.28. The quantitative estimate of drug-likeness (QED) is 0.905. The molecular weight excluding hydrogens is 324 g/mol. The molecule has 0 radical (unpaired) electrons. The highest BCUT2D eigenvalue weighted by Gasteiger charge is 2.20. The number of piperidine rings is 2. The lowest BCUT2D eigenvalue weighted by Crippen LogP contribution is -2.36. The minimum absolute atomic E-state index is 0. The van der Waals surface area contributed by atoms with Crippen molar-refractivity contribution in [2.24, 2.45) is 0 Å². The monoisotopic (exact) mass is 352 g/mol. The Hall–Kier alpha value is -1.26. The lowest BCUT2D eigenvalue weighted by Gasteiger charge is -2.27. The first-order valence-corrected chi connectivity index (χ1v) is 8.93. The number of nitrogens with zero attached hydrogens (tertiary/aromatic N) is 1. The highest BCUT2D eigenvalue weighted by Crippen LogP contribution is 2.30. The number of likely N-dealkylation sites (tertiary alicyclic amines) is 1. The minimum Gasteiger partial charge on any atom is -0.496 e. The van der Waals surface area contributed by atoms with E-state index in [1.165, 1.54) is 24.8 Å². The van der Waals surface area contributed by atoms with Crippen LogP contribution in [0.3, 0.4) is 0 Å². The fraction of sp³-hybridized carbons (Fsp3) is 0.632. The Bertz CT molecular complexity index is 538. The summed E-state index contributed by atoms with van der Waals surface area (Å²) < 4.78 is 5.58. The zero-order valence-electron chi connectivity index (χ0n) is 14.6. The summed E-state index contributed by atoms with van der Waals surface area (Å²) in [4.78, 5) is 14.5. The van der Waals surface area contributed by atoms with Crippen molar-refractivity contribution >= 4 is 18.3 Å². The van der Waals surface area contributed by atoms with Crippen LogP contribution in [-0.4, -0.2) is 44.1 Å². The molecule has 5 heteroatoms. The molecule has 3 rings (SSSR count). The van der Waals surface area contributed by atoms with Crippen molar-refractivity contribution in [2.45, 2.75) is 44.4 Å². The van der Waals surface area contributed by atoms with Crippen LogP contribution in [0.4, 0.5) is 0 Å². The summed E-state index contributed by atoms with van der Waals surface area (Å²) in [5.41, 5.74) is 2.36. The van der Waals surface area contributed by atoms with Crippen molar-refractivity contribution in [1.82, 2.24) is 10.2 Å². The number of hydrogen-bond acceptors (Lipinski definition) is 3. The maximum absolute atomic E-state index is 12.5. The van der Waals surface area contributed by atoms with Gasteiger partial charge in [0.15, 0.2) is 0 Å². The fourth-order valence-electron chi connectivity index (χ4n) is 3.73. The number of carbonyl (C=O) groups is 1. The largest absolute Gasteiger partial charge is 0.496 e. The van der Waals surface area contributed by atoms with Gasteiger partial charge in [0.25, 0.3) is 0 Å². The molecule has 0 bridgehead atoms. The van der Waals surface area contributed by atoms with Crippen molar-refractivity contribution in [2.75, 3.05) is 33.3 Å². The predicted molar refractivity (Wildman–Crippen MR) is 99.2 cm³/mol. The molecule has 134 valence electrons. The van der Waals surface area contributed by atoms with Crippen molar-refractivity contribution in [1.29, 1.82) is 0 Å². The normalized spacial score (nSPS) is 18.8. The molecule has 24 heavy (non-hydrogen) atoms. The maximum Gasteiger partial charge on any atom is 0.227 e. The van der Waals surface area contributed by atoms with Crippen molar-refractivity contribution in [3.8, 4) is 5.75 Å². The van der Waals surface area contributed by atoms with Gasteiger partial charge in [-0.2, -0.15) is 0 Å². The molecule has 1 amide bonds. The highest BCUT2D eigenvalue weighted by atomic mass is 35.5.